The molecular weight excluding hydrogens is 352 g/mol. The molecule has 2 aromatic rings. The fourth-order valence-corrected chi connectivity index (χ4v) is 2.74. The first kappa shape index (κ1) is 19.9. The third kappa shape index (κ3) is 5.86. The van der Waals surface area contributed by atoms with Crippen molar-refractivity contribution in [2.75, 3.05) is 18.5 Å². The van der Waals surface area contributed by atoms with Crippen molar-refractivity contribution < 1.29 is 19.6 Å². The number of hydrogen-bond donors (Lipinski definition) is 2. The van der Waals surface area contributed by atoms with Crippen molar-refractivity contribution in [1.82, 2.24) is 0 Å². The molecule has 0 radical (unpaired) electrons. The van der Waals surface area contributed by atoms with Gasteiger partial charge in [0.15, 0.2) is 6.54 Å². The summed E-state index contributed by atoms with van der Waals surface area (Å²) in [5.74, 6) is -0.475. The van der Waals surface area contributed by atoms with E-state index in [0.29, 0.717) is 22.9 Å². The maximum atomic E-state index is 12.1. The molecular formula is C20H24ClN2O3+. The summed E-state index contributed by atoms with van der Waals surface area (Å²) < 4.78 is 5.07. The molecule has 5 nitrogen and oxygen atoms in total. The van der Waals surface area contributed by atoms with Crippen molar-refractivity contribution in [3.05, 3.63) is 64.7 Å². The predicted molar refractivity (Wildman–Crippen MR) is 102 cm³/mol. The highest BCUT2D eigenvalue weighted by molar-refractivity contribution is 6.31. The van der Waals surface area contributed by atoms with Gasteiger partial charge in [0.2, 0.25) is 0 Å². The Hall–Kier alpha value is -2.37. The highest BCUT2D eigenvalue weighted by atomic mass is 35.5. The molecule has 0 spiro atoms. The minimum Gasteiger partial charge on any atom is -0.462 e. The molecule has 138 valence electrons. The van der Waals surface area contributed by atoms with Crippen LogP contribution in [-0.4, -0.2) is 25.0 Å². The summed E-state index contributed by atoms with van der Waals surface area (Å²) in [6.45, 7) is 4.62. The molecule has 26 heavy (non-hydrogen) atoms. The molecule has 2 rings (SSSR count). The summed E-state index contributed by atoms with van der Waals surface area (Å²) in [6.07, 6.45) is 0.781. The van der Waals surface area contributed by atoms with E-state index in [4.69, 9.17) is 16.3 Å². The van der Waals surface area contributed by atoms with E-state index in [1.54, 1.807) is 24.3 Å². The molecule has 1 amide bonds. The van der Waals surface area contributed by atoms with Crippen molar-refractivity contribution in [1.29, 1.82) is 0 Å². The SMILES string of the molecule is CCCOC(=O)c1ccc(NC(=O)C[NH2+][C@H](C)c2ccccc2Cl)cc1. The molecule has 0 aliphatic carbocycles. The van der Waals surface area contributed by atoms with Gasteiger partial charge in [0.25, 0.3) is 5.91 Å². The van der Waals surface area contributed by atoms with Crippen LogP contribution in [0.2, 0.25) is 5.02 Å². The van der Waals surface area contributed by atoms with Crippen LogP contribution in [0, 0.1) is 0 Å². The van der Waals surface area contributed by atoms with E-state index in [0.717, 1.165) is 12.0 Å². The number of rotatable bonds is 8. The lowest BCUT2D eigenvalue weighted by molar-refractivity contribution is -0.682. The Morgan fingerprint density at radius 3 is 2.50 bits per heavy atom. The smallest absolute Gasteiger partial charge is 0.338 e. The number of amides is 1. The van der Waals surface area contributed by atoms with Gasteiger partial charge in [0, 0.05) is 16.3 Å². The molecule has 3 N–H and O–H groups in total. The summed E-state index contributed by atoms with van der Waals surface area (Å²) in [5.41, 5.74) is 2.10. The number of halogens is 1. The minimum absolute atomic E-state index is 0.0742. The zero-order valence-corrected chi connectivity index (χ0v) is 15.8. The van der Waals surface area contributed by atoms with E-state index in [9.17, 15) is 9.59 Å². The lowest BCUT2D eigenvalue weighted by Gasteiger charge is -2.12. The molecule has 0 heterocycles. The van der Waals surface area contributed by atoms with Crippen molar-refractivity contribution in [3.8, 4) is 0 Å². The minimum atomic E-state index is -0.355. The number of hydrogen-bond acceptors (Lipinski definition) is 3. The topological polar surface area (TPSA) is 72.0 Å². The monoisotopic (exact) mass is 375 g/mol. The molecule has 0 aliphatic heterocycles. The number of ether oxygens (including phenoxy) is 1. The van der Waals surface area contributed by atoms with Crippen molar-refractivity contribution in [2.45, 2.75) is 26.3 Å². The first-order valence-electron chi connectivity index (χ1n) is 8.66. The van der Waals surface area contributed by atoms with Gasteiger partial charge >= 0.3 is 5.97 Å². The molecule has 0 aromatic heterocycles. The Balaban J connectivity index is 1.84. The highest BCUT2D eigenvalue weighted by Gasteiger charge is 2.14. The Kier molecular flexibility index (Phi) is 7.63. The molecule has 2 aromatic carbocycles. The van der Waals surface area contributed by atoms with E-state index in [-0.39, 0.29) is 24.5 Å². The number of nitrogens with one attached hydrogen (secondary N) is 1. The van der Waals surface area contributed by atoms with Crippen molar-refractivity contribution in [3.63, 3.8) is 0 Å². The van der Waals surface area contributed by atoms with Crippen LogP contribution in [0.4, 0.5) is 5.69 Å². The van der Waals surface area contributed by atoms with Crippen molar-refractivity contribution >= 4 is 29.2 Å². The van der Waals surface area contributed by atoms with Gasteiger partial charge < -0.3 is 15.4 Å². The van der Waals surface area contributed by atoms with Gasteiger partial charge in [-0.25, -0.2) is 4.79 Å². The number of nitrogens with two attached hydrogens (primary N) is 1. The third-order valence-corrected chi connectivity index (χ3v) is 4.24. The lowest BCUT2D eigenvalue weighted by Crippen LogP contribution is -2.86. The first-order chi connectivity index (χ1) is 12.5. The Morgan fingerprint density at radius 1 is 1.15 bits per heavy atom. The van der Waals surface area contributed by atoms with Crippen LogP contribution < -0.4 is 10.6 Å². The number of carbonyl (C=O) groups is 2. The summed E-state index contributed by atoms with van der Waals surface area (Å²) in [6, 6.07) is 14.4. The van der Waals surface area contributed by atoms with Gasteiger partial charge in [0.05, 0.1) is 12.2 Å². The zero-order valence-electron chi connectivity index (χ0n) is 15.0. The number of carbonyl (C=O) groups excluding carboxylic acids is 2. The second-order valence-electron chi connectivity index (χ2n) is 6.01. The van der Waals surface area contributed by atoms with E-state index in [1.165, 1.54) is 0 Å². The Morgan fingerprint density at radius 2 is 1.85 bits per heavy atom. The maximum absolute atomic E-state index is 12.1. The summed E-state index contributed by atoms with van der Waals surface area (Å²) in [5, 5.41) is 5.44. The van der Waals surface area contributed by atoms with Crippen LogP contribution in [0.3, 0.4) is 0 Å². The average Bonchev–Trinajstić information content (AvgIpc) is 2.65. The summed E-state index contributed by atoms with van der Waals surface area (Å²) in [4.78, 5) is 23.9. The van der Waals surface area contributed by atoms with Crippen LogP contribution in [0.25, 0.3) is 0 Å². The van der Waals surface area contributed by atoms with Crippen molar-refractivity contribution in [2.24, 2.45) is 0 Å². The normalized spacial score (nSPS) is 11.7. The van der Waals surface area contributed by atoms with E-state index >= 15 is 0 Å². The van der Waals surface area contributed by atoms with E-state index in [2.05, 4.69) is 5.32 Å². The Labute approximate surface area is 158 Å². The molecule has 0 saturated carbocycles. The number of anilines is 1. The van der Waals surface area contributed by atoms with Crippen LogP contribution in [0.1, 0.15) is 42.2 Å². The van der Waals surface area contributed by atoms with Gasteiger partial charge in [0.1, 0.15) is 6.04 Å². The molecule has 0 saturated heterocycles. The highest BCUT2D eigenvalue weighted by Crippen LogP contribution is 2.19. The quantitative estimate of drug-likeness (QED) is 0.696. The van der Waals surface area contributed by atoms with Gasteiger partial charge in [-0.1, -0.05) is 36.7 Å². The van der Waals surface area contributed by atoms with Crippen LogP contribution in [0.15, 0.2) is 48.5 Å². The lowest BCUT2D eigenvalue weighted by atomic mass is 10.1. The molecule has 1 atom stereocenters. The van der Waals surface area contributed by atoms with Gasteiger partial charge in [-0.3, -0.25) is 4.79 Å². The number of esters is 1. The van der Waals surface area contributed by atoms with Gasteiger partial charge in [-0.2, -0.15) is 0 Å². The van der Waals surface area contributed by atoms with E-state index in [1.807, 2.05) is 43.4 Å². The maximum Gasteiger partial charge on any atom is 0.338 e. The van der Waals surface area contributed by atoms with Crippen LogP contribution >= 0.6 is 11.6 Å². The summed E-state index contributed by atoms with van der Waals surface area (Å²) in [7, 11) is 0. The zero-order chi connectivity index (χ0) is 18.9. The van der Waals surface area contributed by atoms with E-state index < -0.39 is 0 Å². The van der Waals surface area contributed by atoms with Crippen LogP contribution in [0.5, 0.6) is 0 Å². The van der Waals surface area contributed by atoms with Gasteiger partial charge in [-0.05, 0) is 43.7 Å². The molecule has 0 aliphatic rings. The van der Waals surface area contributed by atoms with Gasteiger partial charge in [-0.15, -0.1) is 0 Å². The second kappa shape index (κ2) is 9.94. The molecule has 0 bridgehead atoms. The predicted octanol–water partition coefficient (Wildman–Crippen LogP) is 3.17. The molecule has 6 heteroatoms. The standard InChI is InChI=1S/C20H23ClN2O3/c1-3-12-26-20(25)15-8-10-16(11-9-15)23-19(24)13-22-14(2)17-6-4-5-7-18(17)21/h4-11,14,22H,3,12-13H2,1-2H3,(H,23,24)/p+1/t14-/m1/s1. The first-order valence-corrected chi connectivity index (χ1v) is 9.03. The Bertz CT molecular complexity index is 747. The molecule has 0 fully saturated rings. The third-order valence-electron chi connectivity index (χ3n) is 3.89. The van der Waals surface area contributed by atoms with Crippen LogP contribution in [-0.2, 0) is 9.53 Å². The number of quaternary nitrogens is 1. The average molecular weight is 376 g/mol. The second-order valence-corrected chi connectivity index (χ2v) is 6.42. The fourth-order valence-electron chi connectivity index (χ4n) is 2.43. The number of benzene rings is 2. The molecule has 0 unspecified atom stereocenters. The summed E-state index contributed by atoms with van der Waals surface area (Å²) >= 11 is 6.18. The fraction of sp³-hybridized carbons (Fsp3) is 0.300. The largest absolute Gasteiger partial charge is 0.462 e.